The summed E-state index contributed by atoms with van der Waals surface area (Å²) in [5.74, 6) is 0.243. The van der Waals surface area contributed by atoms with Crippen LogP contribution < -0.4 is 10.6 Å². The molecule has 1 atom stereocenters. The number of halogens is 2. The van der Waals surface area contributed by atoms with Crippen LogP contribution in [-0.2, 0) is 6.54 Å². The number of piperidine rings is 1. The maximum absolute atomic E-state index is 12.6. The first-order chi connectivity index (χ1) is 12.7. The number of benzene rings is 1. The zero-order chi connectivity index (χ0) is 18.1. The molecule has 1 amide bonds. The number of carbonyl (C=O) groups is 1. The topological polar surface area (TPSA) is 76.8 Å². The predicted octanol–water partition coefficient (Wildman–Crippen LogP) is 3.50. The van der Waals surface area contributed by atoms with E-state index in [-0.39, 0.29) is 18.3 Å². The molecular formula is C18H22Cl2N6O. The van der Waals surface area contributed by atoms with E-state index in [1.165, 1.54) is 0 Å². The van der Waals surface area contributed by atoms with E-state index >= 15 is 0 Å². The minimum atomic E-state index is -0.261. The van der Waals surface area contributed by atoms with Crippen LogP contribution in [0.4, 0.5) is 5.95 Å². The van der Waals surface area contributed by atoms with Crippen LogP contribution >= 0.6 is 24.0 Å². The van der Waals surface area contributed by atoms with E-state index in [9.17, 15) is 4.79 Å². The number of hydrogen-bond donors (Lipinski definition) is 2. The van der Waals surface area contributed by atoms with Crippen molar-refractivity contribution in [1.29, 1.82) is 0 Å². The Kier molecular flexibility index (Phi) is 6.04. The minimum Gasteiger partial charge on any atom is -0.315 e. The van der Waals surface area contributed by atoms with E-state index in [4.69, 9.17) is 11.6 Å². The van der Waals surface area contributed by atoms with Gasteiger partial charge in [0.25, 0.3) is 5.91 Å². The van der Waals surface area contributed by atoms with Crippen LogP contribution in [0.25, 0.3) is 11.0 Å². The van der Waals surface area contributed by atoms with Crippen molar-refractivity contribution in [1.82, 2.24) is 24.6 Å². The molecule has 7 nitrogen and oxygen atoms in total. The molecule has 3 heterocycles. The zero-order valence-corrected chi connectivity index (χ0v) is 16.6. The second-order valence-electron chi connectivity index (χ2n) is 6.45. The molecule has 0 saturated carbocycles. The number of anilines is 1. The average Bonchev–Trinajstić information content (AvgIpc) is 3.26. The maximum Gasteiger partial charge on any atom is 0.278 e. The molecular weight excluding hydrogens is 387 g/mol. The van der Waals surface area contributed by atoms with Crippen LogP contribution in [0, 0.1) is 0 Å². The Hall–Kier alpha value is -2.09. The molecule has 0 radical (unpaired) electrons. The molecule has 4 rings (SSSR count). The predicted molar refractivity (Wildman–Crippen MR) is 109 cm³/mol. The number of fused-ring (bicyclic) bond motifs is 1. The first-order valence-electron chi connectivity index (χ1n) is 8.88. The van der Waals surface area contributed by atoms with E-state index in [0.717, 1.165) is 37.0 Å². The molecule has 144 valence electrons. The number of rotatable bonds is 4. The van der Waals surface area contributed by atoms with Gasteiger partial charge in [-0.3, -0.25) is 14.8 Å². The normalized spacial score (nSPS) is 16.9. The lowest BCUT2D eigenvalue weighted by Crippen LogP contribution is -2.32. The molecule has 1 aliphatic heterocycles. The quantitative estimate of drug-likeness (QED) is 0.692. The lowest BCUT2D eigenvalue weighted by Gasteiger charge is -2.22. The van der Waals surface area contributed by atoms with Gasteiger partial charge in [0, 0.05) is 24.3 Å². The highest BCUT2D eigenvalue weighted by molar-refractivity contribution is 6.31. The van der Waals surface area contributed by atoms with Crippen molar-refractivity contribution in [2.45, 2.75) is 32.4 Å². The number of carbonyl (C=O) groups excluding carboxylic acids is 1. The molecule has 1 fully saturated rings. The second kappa shape index (κ2) is 8.29. The molecule has 27 heavy (non-hydrogen) atoms. The number of aromatic nitrogens is 4. The van der Waals surface area contributed by atoms with Gasteiger partial charge in [0.1, 0.15) is 0 Å². The van der Waals surface area contributed by atoms with Gasteiger partial charge in [-0.25, -0.2) is 4.98 Å². The summed E-state index contributed by atoms with van der Waals surface area (Å²) >= 11 is 6.05. The fraction of sp³-hybridized carbons (Fsp3) is 0.389. The van der Waals surface area contributed by atoms with Gasteiger partial charge < -0.3 is 9.88 Å². The summed E-state index contributed by atoms with van der Waals surface area (Å²) in [5, 5.41) is 11.3. The number of nitrogens with one attached hydrogen (secondary N) is 2. The monoisotopic (exact) mass is 408 g/mol. The van der Waals surface area contributed by atoms with Crippen LogP contribution in [0.5, 0.6) is 0 Å². The third kappa shape index (κ3) is 3.95. The van der Waals surface area contributed by atoms with E-state index < -0.39 is 0 Å². The Bertz CT molecular complexity index is 945. The second-order valence-corrected chi connectivity index (χ2v) is 6.88. The van der Waals surface area contributed by atoms with Crippen molar-refractivity contribution in [2.24, 2.45) is 0 Å². The van der Waals surface area contributed by atoms with E-state index in [0.29, 0.717) is 29.3 Å². The average molecular weight is 409 g/mol. The van der Waals surface area contributed by atoms with Gasteiger partial charge >= 0.3 is 0 Å². The highest BCUT2D eigenvalue weighted by Crippen LogP contribution is 2.23. The molecule has 9 heteroatoms. The number of imidazole rings is 1. The molecule has 0 spiro atoms. The van der Waals surface area contributed by atoms with Crippen molar-refractivity contribution in [2.75, 3.05) is 18.4 Å². The lowest BCUT2D eigenvalue weighted by molar-refractivity contribution is 0.101. The zero-order valence-electron chi connectivity index (χ0n) is 15.0. The van der Waals surface area contributed by atoms with Gasteiger partial charge in [0.05, 0.1) is 17.1 Å². The molecule has 1 aliphatic rings. The Morgan fingerprint density at radius 2 is 2.26 bits per heavy atom. The first kappa shape index (κ1) is 19.7. The van der Waals surface area contributed by atoms with Crippen LogP contribution in [0.1, 0.15) is 36.3 Å². The van der Waals surface area contributed by atoms with Gasteiger partial charge in [-0.15, -0.1) is 12.4 Å². The molecule has 2 aromatic heterocycles. The Balaban J connectivity index is 0.00000210. The van der Waals surface area contributed by atoms with E-state index in [1.807, 2.05) is 34.5 Å². The first-order valence-corrected chi connectivity index (χ1v) is 9.26. The Morgan fingerprint density at radius 3 is 3.00 bits per heavy atom. The van der Waals surface area contributed by atoms with Crippen molar-refractivity contribution >= 4 is 46.9 Å². The van der Waals surface area contributed by atoms with Gasteiger partial charge in [-0.05, 0) is 50.6 Å². The Morgan fingerprint density at radius 1 is 1.41 bits per heavy atom. The van der Waals surface area contributed by atoms with Crippen molar-refractivity contribution in [3.05, 3.63) is 41.2 Å². The molecule has 1 aromatic carbocycles. The van der Waals surface area contributed by atoms with Crippen LogP contribution in [0.3, 0.4) is 0 Å². The molecule has 0 aliphatic carbocycles. The van der Waals surface area contributed by atoms with Gasteiger partial charge in [0.15, 0.2) is 5.69 Å². The number of hydrogen-bond acceptors (Lipinski definition) is 4. The van der Waals surface area contributed by atoms with Gasteiger partial charge in [-0.2, -0.15) is 5.10 Å². The minimum absolute atomic E-state index is 0. The third-order valence-corrected chi connectivity index (χ3v) is 4.97. The summed E-state index contributed by atoms with van der Waals surface area (Å²) in [5.41, 5.74) is 2.09. The maximum atomic E-state index is 12.6. The standard InChI is InChI=1S/C18H21ClN6O.ClH/c1-2-24-16-6-5-12(19)10-15(16)21-18(24)22-17(26)14-7-9-25(23-14)13-4-3-8-20-11-13;/h5-7,9-10,13,20H,2-4,8,11H2,1H3,(H,21,22,26);1H. The summed E-state index contributed by atoms with van der Waals surface area (Å²) < 4.78 is 3.83. The molecule has 2 N–H and O–H groups in total. The summed E-state index contributed by atoms with van der Waals surface area (Å²) in [6.45, 7) is 4.63. The number of aryl methyl sites for hydroxylation is 1. The Labute approximate surface area is 168 Å². The lowest BCUT2D eigenvalue weighted by atomic mass is 10.1. The van der Waals surface area contributed by atoms with Crippen molar-refractivity contribution < 1.29 is 4.79 Å². The molecule has 1 unspecified atom stereocenters. The fourth-order valence-electron chi connectivity index (χ4n) is 3.41. The van der Waals surface area contributed by atoms with E-state index in [1.54, 1.807) is 12.1 Å². The number of nitrogens with zero attached hydrogens (tertiary/aromatic N) is 4. The van der Waals surface area contributed by atoms with Gasteiger partial charge in [-0.1, -0.05) is 11.6 Å². The third-order valence-electron chi connectivity index (χ3n) is 4.74. The molecule has 3 aromatic rings. The molecule has 0 bridgehead atoms. The summed E-state index contributed by atoms with van der Waals surface area (Å²) in [7, 11) is 0. The van der Waals surface area contributed by atoms with Crippen molar-refractivity contribution in [3.8, 4) is 0 Å². The smallest absolute Gasteiger partial charge is 0.278 e. The SMILES string of the molecule is CCn1c(NC(=O)c2ccn(C3CCCNC3)n2)nc2cc(Cl)ccc21.Cl. The van der Waals surface area contributed by atoms with Crippen LogP contribution in [0.2, 0.25) is 5.02 Å². The van der Waals surface area contributed by atoms with Crippen LogP contribution in [0.15, 0.2) is 30.5 Å². The number of amides is 1. The summed E-state index contributed by atoms with van der Waals surface area (Å²) in [6.07, 6.45) is 4.06. The van der Waals surface area contributed by atoms with Crippen molar-refractivity contribution in [3.63, 3.8) is 0 Å². The highest BCUT2D eigenvalue weighted by atomic mass is 35.5. The molecule has 1 saturated heterocycles. The van der Waals surface area contributed by atoms with E-state index in [2.05, 4.69) is 20.7 Å². The highest BCUT2D eigenvalue weighted by Gasteiger charge is 2.19. The largest absolute Gasteiger partial charge is 0.315 e. The van der Waals surface area contributed by atoms with Crippen LogP contribution in [-0.4, -0.2) is 38.3 Å². The fourth-order valence-corrected chi connectivity index (χ4v) is 3.57. The summed E-state index contributed by atoms with van der Waals surface area (Å²) in [4.78, 5) is 17.1. The van der Waals surface area contributed by atoms with Gasteiger partial charge in [0.2, 0.25) is 5.95 Å². The summed E-state index contributed by atoms with van der Waals surface area (Å²) in [6, 6.07) is 7.58.